The zero-order valence-corrected chi connectivity index (χ0v) is 22.4. The molecule has 0 aliphatic rings. The van der Waals surface area contributed by atoms with Gasteiger partial charge < -0.3 is 0 Å². The Hall–Kier alpha value is -3.78. The second-order valence-corrected chi connectivity index (χ2v) is 12.2. The van der Waals surface area contributed by atoms with E-state index in [2.05, 4.69) is 4.98 Å². The molecular formula is C25H24F3N3O6S2. The lowest BCUT2D eigenvalue weighted by atomic mass is 10.1. The van der Waals surface area contributed by atoms with Crippen LogP contribution in [0.25, 0.3) is 11.3 Å². The van der Waals surface area contributed by atoms with Crippen molar-refractivity contribution < 1.29 is 39.6 Å². The van der Waals surface area contributed by atoms with E-state index in [1.54, 1.807) is 24.3 Å². The average molecular weight is 584 g/mol. The SMILES string of the molecule is CC(=O)N(CC(F)(F)F)S(=O)(=O)Cc1cccc(-c2cccc(CN(C(C)=O)S(=O)(=O)c3ccccc3)n2)c1. The zero-order valence-electron chi connectivity index (χ0n) is 20.8. The molecule has 2 aromatic carbocycles. The molecule has 0 bridgehead atoms. The number of carbonyl (C=O) groups excluding carboxylic acids is 2. The topological polar surface area (TPSA) is 122 Å². The maximum atomic E-state index is 13.0. The van der Waals surface area contributed by atoms with E-state index in [0.717, 1.165) is 13.8 Å². The van der Waals surface area contributed by atoms with Crippen LogP contribution in [0.2, 0.25) is 0 Å². The van der Waals surface area contributed by atoms with Crippen molar-refractivity contribution in [3.05, 3.63) is 84.1 Å². The van der Waals surface area contributed by atoms with E-state index in [9.17, 15) is 39.6 Å². The number of carbonyl (C=O) groups is 2. The molecule has 0 aliphatic carbocycles. The van der Waals surface area contributed by atoms with Gasteiger partial charge in [0.25, 0.3) is 10.0 Å². The normalized spacial score (nSPS) is 12.1. The molecule has 0 unspecified atom stereocenters. The minimum atomic E-state index is -4.91. The van der Waals surface area contributed by atoms with Gasteiger partial charge in [0, 0.05) is 19.4 Å². The third-order valence-corrected chi connectivity index (χ3v) is 8.97. The Morgan fingerprint density at radius 1 is 0.821 bits per heavy atom. The Morgan fingerprint density at radius 2 is 1.44 bits per heavy atom. The van der Waals surface area contributed by atoms with Gasteiger partial charge >= 0.3 is 6.18 Å². The van der Waals surface area contributed by atoms with E-state index in [4.69, 9.17) is 0 Å². The molecule has 0 N–H and O–H groups in total. The van der Waals surface area contributed by atoms with Crippen LogP contribution in [0.1, 0.15) is 25.1 Å². The Kier molecular flexibility index (Phi) is 8.80. The summed E-state index contributed by atoms with van der Waals surface area (Å²) in [7, 11) is -8.82. The lowest BCUT2D eigenvalue weighted by molar-refractivity contribution is -0.149. The second kappa shape index (κ2) is 11.5. The molecule has 0 saturated heterocycles. The molecule has 2 amide bonds. The van der Waals surface area contributed by atoms with Crippen LogP contribution in [0.3, 0.4) is 0 Å². The number of benzene rings is 2. The van der Waals surface area contributed by atoms with Crippen LogP contribution in [-0.2, 0) is 41.9 Å². The summed E-state index contributed by atoms with van der Waals surface area (Å²) in [6, 6.07) is 17.8. The molecule has 39 heavy (non-hydrogen) atoms. The fourth-order valence-corrected chi connectivity index (χ4v) is 6.53. The van der Waals surface area contributed by atoms with E-state index in [1.165, 1.54) is 48.5 Å². The molecule has 208 valence electrons. The van der Waals surface area contributed by atoms with Crippen molar-refractivity contribution in [1.29, 1.82) is 0 Å². The number of hydrogen-bond donors (Lipinski definition) is 0. The van der Waals surface area contributed by atoms with Gasteiger partial charge in [-0.1, -0.05) is 42.5 Å². The number of aromatic nitrogens is 1. The number of hydrogen-bond acceptors (Lipinski definition) is 7. The van der Waals surface area contributed by atoms with Crippen LogP contribution in [0.5, 0.6) is 0 Å². The van der Waals surface area contributed by atoms with Crippen molar-refractivity contribution in [3.8, 4) is 11.3 Å². The Bertz CT molecular complexity index is 1580. The minimum Gasteiger partial charge on any atom is -0.274 e. The molecule has 0 atom stereocenters. The summed E-state index contributed by atoms with van der Waals surface area (Å²) >= 11 is 0. The van der Waals surface area contributed by atoms with Crippen molar-refractivity contribution in [2.45, 2.75) is 37.2 Å². The van der Waals surface area contributed by atoms with Crippen molar-refractivity contribution in [2.24, 2.45) is 0 Å². The molecule has 0 spiro atoms. The molecular weight excluding hydrogens is 559 g/mol. The summed E-state index contributed by atoms with van der Waals surface area (Å²) in [5.41, 5.74) is 0.999. The van der Waals surface area contributed by atoms with Gasteiger partial charge in [-0.2, -0.15) is 13.2 Å². The molecule has 3 aromatic rings. The summed E-state index contributed by atoms with van der Waals surface area (Å²) in [5.74, 6) is -2.87. The van der Waals surface area contributed by atoms with Crippen molar-refractivity contribution >= 4 is 31.9 Å². The first-order chi connectivity index (χ1) is 18.1. The highest BCUT2D eigenvalue weighted by molar-refractivity contribution is 7.89. The van der Waals surface area contributed by atoms with E-state index >= 15 is 0 Å². The van der Waals surface area contributed by atoms with E-state index in [-0.39, 0.29) is 27.0 Å². The first-order valence-electron chi connectivity index (χ1n) is 11.3. The fourth-order valence-electron chi connectivity index (χ4n) is 3.64. The summed E-state index contributed by atoms with van der Waals surface area (Å²) in [5, 5.41) is 0. The van der Waals surface area contributed by atoms with Crippen LogP contribution >= 0.6 is 0 Å². The molecule has 0 fully saturated rings. The van der Waals surface area contributed by atoms with Gasteiger partial charge in [-0.15, -0.1) is 0 Å². The average Bonchev–Trinajstić information content (AvgIpc) is 2.85. The standard InChI is InChI=1S/C25H24F3N3O6S2/c1-18(32)30(39(36,37)23-11-4-3-5-12-23)15-22-10-7-13-24(29-22)21-9-6-8-20(14-21)16-38(34,35)31(19(2)33)17-25(26,27)28/h3-14H,15-17H2,1-2H3. The third kappa shape index (κ3) is 7.63. The highest BCUT2D eigenvalue weighted by atomic mass is 32.2. The van der Waals surface area contributed by atoms with Crippen LogP contribution in [-0.4, -0.2) is 55.0 Å². The highest BCUT2D eigenvalue weighted by Crippen LogP contribution is 2.24. The highest BCUT2D eigenvalue weighted by Gasteiger charge is 2.38. The molecule has 0 aliphatic heterocycles. The van der Waals surface area contributed by atoms with Gasteiger partial charge in [-0.05, 0) is 35.9 Å². The summed E-state index contributed by atoms with van der Waals surface area (Å²) in [6.07, 6.45) is -4.91. The fraction of sp³-hybridized carbons (Fsp3) is 0.240. The van der Waals surface area contributed by atoms with Crippen LogP contribution < -0.4 is 0 Å². The number of alkyl halides is 3. The first kappa shape index (κ1) is 29.8. The Balaban J connectivity index is 1.89. The van der Waals surface area contributed by atoms with Crippen LogP contribution in [0.4, 0.5) is 13.2 Å². The smallest absolute Gasteiger partial charge is 0.274 e. The van der Waals surface area contributed by atoms with Gasteiger partial charge in [0.15, 0.2) is 0 Å². The Morgan fingerprint density at radius 3 is 2.03 bits per heavy atom. The third-order valence-electron chi connectivity index (χ3n) is 5.38. The van der Waals surface area contributed by atoms with E-state index in [1.807, 2.05) is 0 Å². The summed E-state index contributed by atoms with van der Waals surface area (Å²) in [6.45, 7) is -0.471. The number of pyridine rings is 1. The molecule has 0 radical (unpaired) electrons. The number of nitrogens with zero attached hydrogens (tertiary/aromatic N) is 3. The predicted octanol–water partition coefficient (Wildman–Crippen LogP) is 3.73. The number of halogens is 3. The number of amides is 2. The van der Waals surface area contributed by atoms with E-state index < -0.39 is 50.3 Å². The second-order valence-electron chi connectivity index (χ2n) is 8.46. The molecule has 3 rings (SSSR count). The Labute approximate surface area is 224 Å². The van der Waals surface area contributed by atoms with Gasteiger partial charge in [0.2, 0.25) is 21.8 Å². The van der Waals surface area contributed by atoms with Crippen LogP contribution in [0, 0.1) is 0 Å². The number of rotatable bonds is 9. The van der Waals surface area contributed by atoms with Crippen LogP contribution in [0.15, 0.2) is 77.7 Å². The lowest BCUT2D eigenvalue weighted by Crippen LogP contribution is -2.42. The monoisotopic (exact) mass is 583 g/mol. The van der Waals surface area contributed by atoms with Crippen molar-refractivity contribution in [1.82, 2.24) is 13.6 Å². The molecule has 0 saturated carbocycles. The largest absolute Gasteiger partial charge is 0.407 e. The summed E-state index contributed by atoms with van der Waals surface area (Å²) in [4.78, 5) is 28.2. The maximum absolute atomic E-state index is 13.0. The van der Waals surface area contributed by atoms with Crippen molar-refractivity contribution in [2.75, 3.05) is 6.54 Å². The number of sulfonamides is 2. The van der Waals surface area contributed by atoms with Gasteiger partial charge in [0.05, 0.1) is 28.6 Å². The van der Waals surface area contributed by atoms with Gasteiger partial charge in [0.1, 0.15) is 6.54 Å². The van der Waals surface area contributed by atoms with E-state index in [0.29, 0.717) is 15.6 Å². The van der Waals surface area contributed by atoms with Gasteiger partial charge in [-0.3, -0.25) is 14.6 Å². The molecule has 14 heteroatoms. The molecule has 1 heterocycles. The predicted molar refractivity (Wildman–Crippen MR) is 136 cm³/mol. The molecule has 9 nitrogen and oxygen atoms in total. The van der Waals surface area contributed by atoms with Crippen molar-refractivity contribution in [3.63, 3.8) is 0 Å². The maximum Gasteiger partial charge on any atom is 0.407 e. The zero-order chi connectivity index (χ0) is 29.0. The molecule has 1 aromatic heterocycles. The van der Waals surface area contributed by atoms with Gasteiger partial charge in [-0.25, -0.2) is 25.4 Å². The lowest BCUT2D eigenvalue weighted by Gasteiger charge is -2.22. The summed E-state index contributed by atoms with van der Waals surface area (Å²) < 4.78 is 90.2. The minimum absolute atomic E-state index is 0.0737. The first-order valence-corrected chi connectivity index (χ1v) is 14.4. The quantitative estimate of drug-likeness (QED) is 0.376.